The molecule has 2 rings (SSSR count). The molecule has 3 heteroatoms. The second-order valence-electron chi connectivity index (χ2n) is 4.15. The number of ether oxygens (including phenoxy) is 1. The lowest BCUT2D eigenvalue weighted by Crippen LogP contribution is -1.98. The van der Waals surface area contributed by atoms with Crippen molar-refractivity contribution in [1.29, 1.82) is 0 Å². The predicted molar refractivity (Wildman–Crippen MR) is 82.1 cm³/mol. The number of hydrogen-bond donors (Lipinski definition) is 0. The molecule has 96 valence electrons. The average Bonchev–Trinajstić information content (AvgIpc) is 2.87. The van der Waals surface area contributed by atoms with Gasteiger partial charge in [0.15, 0.2) is 0 Å². The molecule has 0 amide bonds. The zero-order valence-electron chi connectivity index (χ0n) is 10.7. The van der Waals surface area contributed by atoms with Crippen LogP contribution in [0.3, 0.4) is 0 Å². The Morgan fingerprint density at radius 1 is 1.22 bits per heavy atom. The van der Waals surface area contributed by atoms with Gasteiger partial charge in [0.25, 0.3) is 0 Å². The van der Waals surface area contributed by atoms with Crippen molar-refractivity contribution >= 4 is 27.3 Å². The van der Waals surface area contributed by atoms with Crippen molar-refractivity contribution in [2.45, 2.75) is 24.6 Å². The van der Waals surface area contributed by atoms with Gasteiger partial charge in [-0.25, -0.2) is 0 Å². The van der Waals surface area contributed by atoms with E-state index in [2.05, 4.69) is 46.4 Å². The molecule has 1 heterocycles. The van der Waals surface area contributed by atoms with Crippen molar-refractivity contribution in [3.8, 4) is 5.75 Å². The predicted octanol–water partition coefficient (Wildman–Crippen LogP) is 5.00. The number of thiophene rings is 1. The summed E-state index contributed by atoms with van der Waals surface area (Å²) in [4.78, 5) is 1.80. The molecule has 1 unspecified atom stereocenters. The Morgan fingerprint density at radius 2 is 2.00 bits per heavy atom. The number of aryl methyl sites for hydroxylation is 1. The maximum absolute atomic E-state index is 5.40. The van der Waals surface area contributed by atoms with Crippen LogP contribution in [0.15, 0.2) is 35.7 Å². The first-order valence-electron chi connectivity index (χ1n) is 6.08. The molecule has 0 saturated heterocycles. The molecular weight excluding hydrogens is 308 g/mol. The highest BCUT2D eigenvalue weighted by atomic mass is 79.9. The molecule has 1 nitrogen and oxygen atoms in total. The fraction of sp³-hybridized carbons (Fsp3) is 0.333. The summed E-state index contributed by atoms with van der Waals surface area (Å²) in [5.41, 5.74) is 2.69. The highest BCUT2D eigenvalue weighted by Crippen LogP contribution is 2.35. The Hall–Kier alpha value is -0.800. The minimum atomic E-state index is 0.365. The number of halogens is 1. The van der Waals surface area contributed by atoms with Crippen molar-refractivity contribution in [1.82, 2.24) is 0 Å². The summed E-state index contributed by atoms with van der Waals surface area (Å²) >= 11 is 5.64. The summed E-state index contributed by atoms with van der Waals surface area (Å²) in [6, 6.07) is 10.4. The SMILES string of the molecule is CCc1ccsc1C(Br)Cc1ccccc1OC. The number of methoxy groups -OCH3 is 1. The first-order valence-corrected chi connectivity index (χ1v) is 7.88. The highest BCUT2D eigenvalue weighted by Gasteiger charge is 2.15. The van der Waals surface area contributed by atoms with Crippen molar-refractivity contribution in [2.24, 2.45) is 0 Å². The molecule has 0 N–H and O–H groups in total. The summed E-state index contributed by atoms with van der Waals surface area (Å²) in [5.74, 6) is 0.969. The summed E-state index contributed by atoms with van der Waals surface area (Å²) < 4.78 is 5.40. The molecule has 0 saturated carbocycles. The molecule has 0 aliphatic heterocycles. The topological polar surface area (TPSA) is 9.23 Å². The largest absolute Gasteiger partial charge is 0.496 e. The van der Waals surface area contributed by atoms with Crippen molar-refractivity contribution < 1.29 is 4.74 Å². The Bertz CT molecular complexity index is 507. The molecule has 0 aliphatic rings. The van der Waals surface area contributed by atoms with Crippen LogP contribution in [0, 0.1) is 0 Å². The van der Waals surface area contributed by atoms with E-state index in [0.29, 0.717) is 4.83 Å². The fourth-order valence-electron chi connectivity index (χ4n) is 2.07. The minimum absolute atomic E-state index is 0.365. The lowest BCUT2D eigenvalue weighted by Gasteiger charge is -2.13. The molecule has 0 radical (unpaired) electrons. The third-order valence-electron chi connectivity index (χ3n) is 3.04. The van der Waals surface area contributed by atoms with Gasteiger partial charge in [-0.3, -0.25) is 0 Å². The smallest absolute Gasteiger partial charge is 0.122 e. The zero-order valence-corrected chi connectivity index (χ0v) is 13.1. The van der Waals surface area contributed by atoms with Crippen molar-refractivity contribution in [2.75, 3.05) is 7.11 Å². The normalized spacial score (nSPS) is 12.4. The lowest BCUT2D eigenvalue weighted by atomic mass is 10.1. The first kappa shape index (κ1) is 13.6. The molecule has 18 heavy (non-hydrogen) atoms. The maximum Gasteiger partial charge on any atom is 0.122 e. The van der Waals surface area contributed by atoms with E-state index in [-0.39, 0.29) is 0 Å². The van der Waals surface area contributed by atoms with Crippen LogP contribution in [-0.4, -0.2) is 7.11 Å². The van der Waals surface area contributed by atoms with Gasteiger partial charge in [-0.05, 0) is 41.5 Å². The van der Waals surface area contributed by atoms with Crippen LogP contribution in [-0.2, 0) is 12.8 Å². The van der Waals surface area contributed by atoms with Crippen molar-refractivity contribution in [3.05, 3.63) is 51.7 Å². The molecular formula is C15H17BrOS. The minimum Gasteiger partial charge on any atom is -0.496 e. The van der Waals surface area contributed by atoms with Gasteiger partial charge < -0.3 is 4.74 Å². The van der Waals surface area contributed by atoms with Crippen LogP contribution in [0.4, 0.5) is 0 Å². The molecule has 1 aromatic carbocycles. The standard InChI is InChI=1S/C15H17BrOS/c1-3-11-8-9-18-15(11)13(16)10-12-6-4-5-7-14(12)17-2/h4-9,13H,3,10H2,1-2H3. The molecule has 1 aromatic heterocycles. The van der Waals surface area contributed by atoms with Crippen LogP contribution in [0.2, 0.25) is 0 Å². The van der Waals surface area contributed by atoms with Gasteiger partial charge in [0.1, 0.15) is 5.75 Å². The van der Waals surface area contributed by atoms with E-state index in [1.54, 1.807) is 7.11 Å². The Morgan fingerprint density at radius 3 is 2.72 bits per heavy atom. The quantitative estimate of drug-likeness (QED) is 0.703. The average molecular weight is 325 g/mol. The first-order chi connectivity index (χ1) is 8.76. The number of benzene rings is 1. The summed E-state index contributed by atoms with van der Waals surface area (Å²) in [6.07, 6.45) is 2.05. The van der Waals surface area contributed by atoms with E-state index < -0.39 is 0 Å². The molecule has 0 aliphatic carbocycles. The molecule has 2 aromatic rings. The van der Waals surface area contributed by atoms with Crippen LogP contribution < -0.4 is 4.74 Å². The summed E-state index contributed by atoms with van der Waals surface area (Å²) in [5, 5.41) is 2.17. The van der Waals surface area contributed by atoms with Gasteiger partial charge in [0.05, 0.1) is 11.9 Å². The lowest BCUT2D eigenvalue weighted by molar-refractivity contribution is 0.409. The van der Waals surface area contributed by atoms with E-state index in [1.807, 2.05) is 23.5 Å². The number of alkyl halides is 1. The van der Waals surface area contributed by atoms with Crippen LogP contribution >= 0.6 is 27.3 Å². The third-order valence-corrected chi connectivity index (χ3v) is 5.20. The second kappa shape index (κ2) is 6.39. The second-order valence-corrected chi connectivity index (χ2v) is 6.20. The van der Waals surface area contributed by atoms with Crippen LogP contribution in [0.25, 0.3) is 0 Å². The van der Waals surface area contributed by atoms with E-state index in [9.17, 15) is 0 Å². The third kappa shape index (κ3) is 2.96. The van der Waals surface area contributed by atoms with Gasteiger partial charge in [0, 0.05) is 4.88 Å². The van der Waals surface area contributed by atoms with Crippen LogP contribution in [0.1, 0.15) is 27.8 Å². The summed E-state index contributed by atoms with van der Waals surface area (Å²) in [6.45, 7) is 2.20. The van der Waals surface area contributed by atoms with Crippen LogP contribution in [0.5, 0.6) is 5.75 Å². The van der Waals surface area contributed by atoms with Crippen molar-refractivity contribution in [3.63, 3.8) is 0 Å². The van der Waals surface area contributed by atoms with Gasteiger partial charge >= 0.3 is 0 Å². The van der Waals surface area contributed by atoms with E-state index in [1.165, 1.54) is 16.0 Å². The zero-order chi connectivity index (χ0) is 13.0. The molecule has 0 spiro atoms. The number of rotatable bonds is 5. The molecule has 0 fully saturated rings. The number of hydrogen-bond acceptors (Lipinski definition) is 2. The molecule has 1 atom stereocenters. The monoisotopic (exact) mass is 324 g/mol. The Kier molecular flexibility index (Phi) is 4.84. The Labute approximate surface area is 121 Å². The van der Waals surface area contributed by atoms with Gasteiger partial charge in [-0.15, -0.1) is 11.3 Å². The summed E-state index contributed by atoms with van der Waals surface area (Å²) in [7, 11) is 1.73. The fourth-order valence-corrected chi connectivity index (χ4v) is 4.01. The van der Waals surface area contributed by atoms with Gasteiger partial charge in [0.2, 0.25) is 0 Å². The molecule has 0 bridgehead atoms. The highest BCUT2D eigenvalue weighted by molar-refractivity contribution is 9.09. The van der Waals surface area contributed by atoms with E-state index >= 15 is 0 Å². The van der Waals surface area contributed by atoms with E-state index in [4.69, 9.17) is 4.74 Å². The van der Waals surface area contributed by atoms with Gasteiger partial charge in [-0.2, -0.15) is 0 Å². The van der Waals surface area contributed by atoms with E-state index in [0.717, 1.165) is 18.6 Å². The maximum atomic E-state index is 5.40. The number of para-hydroxylation sites is 1. The Balaban J connectivity index is 2.18. The van der Waals surface area contributed by atoms with Gasteiger partial charge in [-0.1, -0.05) is 41.1 Å².